The largest absolute Gasteiger partial charge is 0.372 e. The Bertz CT molecular complexity index is 348. The highest BCUT2D eigenvalue weighted by Crippen LogP contribution is 2.30. The first-order valence-corrected chi connectivity index (χ1v) is 8.14. The molecule has 1 unspecified atom stereocenters. The summed E-state index contributed by atoms with van der Waals surface area (Å²) in [5.74, 6) is 0.777. The minimum atomic E-state index is 0.158. The molecule has 3 heteroatoms. The fraction of sp³-hybridized carbons (Fsp3) is 0.571. The molecular formula is C14H18Br2O. The maximum absolute atomic E-state index is 6.07. The molecule has 1 aromatic carbocycles. The van der Waals surface area contributed by atoms with Gasteiger partial charge in [0.1, 0.15) is 0 Å². The van der Waals surface area contributed by atoms with E-state index in [2.05, 4.69) is 50.1 Å². The highest BCUT2D eigenvalue weighted by molar-refractivity contribution is 9.10. The molecule has 1 aliphatic carbocycles. The maximum Gasteiger partial charge on any atom is 0.0932 e. The van der Waals surface area contributed by atoms with Gasteiger partial charge < -0.3 is 4.74 Å². The maximum atomic E-state index is 6.07. The summed E-state index contributed by atoms with van der Waals surface area (Å²) in [5, 5.41) is 0.850. The van der Waals surface area contributed by atoms with E-state index in [4.69, 9.17) is 4.74 Å². The first-order valence-electron chi connectivity index (χ1n) is 6.23. The van der Waals surface area contributed by atoms with Gasteiger partial charge in [0.15, 0.2) is 0 Å². The second-order valence-electron chi connectivity index (χ2n) is 4.65. The lowest BCUT2D eigenvalue weighted by molar-refractivity contribution is 0.0440. The third-order valence-electron chi connectivity index (χ3n) is 3.40. The monoisotopic (exact) mass is 360 g/mol. The molecule has 1 saturated carbocycles. The van der Waals surface area contributed by atoms with Gasteiger partial charge in [0.25, 0.3) is 0 Å². The number of alkyl halides is 1. The minimum absolute atomic E-state index is 0.158. The lowest BCUT2D eigenvalue weighted by Crippen LogP contribution is -2.12. The lowest BCUT2D eigenvalue weighted by Gasteiger charge is -2.19. The molecule has 0 aliphatic heterocycles. The number of rotatable bonds is 5. The average Bonchev–Trinajstić information content (AvgIpc) is 2.85. The van der Waals surface area contributed by atoms with Crippen molar-refractivity contribution >= 4 is 31.9 Å². The number of hydrogen-bond donors (Lipinski definition) is 0. The molecule has 1 nitrogen and oxygen atoms in total. The zero-order valence-corrected chi connectivity index (χ0v) is 13.0. The van der Waals surface area contributed by atoms with Gasteiger partial charge in [0.2, 0.25) is 0 Å². The van der Waals surface area contributed by atoms with Crippen molar-refractivity contribution < 1.29 is 4.74 Å². The van der Waals surface area contributed by atoms with Gasteiger partial charge in [-0.25, -0.2) is 0 Å². The summed E-state index contributed by atoms with van der Waals surface area (Å²) < 4.78 is 7.20. The van der Waals surface area contributed by atoms with Gasteiger partial charge >= 0.3 is 0 Å². The molecule has 94 valence electrons. The van der Waals surface area contributed by atoms with Crippen molar-refractivity contribution in [2.24, 2.45) is 5.92 Å². The first-order chi connectivity index (χ1) is 8.31. The van der Waals surface area contributed by atoms with Gasteiger partial charge in [-0.15, -0.1) is 0 Å². The topological polar surface area (TPSA) is 9.23 Å². The summed E-state index contributed by atoms with van der Waals surface area (Å²) in [7, 11) is 0. The zero-order chi connectivity index (χ0) is 12.1. The van der Waals surface area contributed by atoms with Gasteiger partial charge in [0, 0.05) is 9.80 Å². The smallest absolute Gasteiger partial charge is 0.0932 e. The Hall–Kier alpha value is 0.140. The highest BCUT2D eigenvalue weighted by Gasteiger charge is 2.19. The SMILES string of the molecule is BrCC(OCC1CCCC1)c1ccccc1Br. The van der Waals surface area contributed by atoms with E-state index in [1.54, 1.807) is 0 Å². The Morgan fingerprint density at radius 1 is 1.24 bits per heavy atom. The van der Waals surface area contributed by atoms with Crippen LogP contribution in [0.15, 0.2) is 28.7 Å². The van der Waals surface area contributed by atoms with E-state index < -0.39 is 0 Å². The van der Waals surface area contributed by atoms with Crippen LogP contribution in [0.25, 0.3) is 0 Å². The van der Waals surface area contributed by atoms with Gasteiger partial charge in [-0.3, -0.25) is 0 Å². The predicted octanol–water partition coefficient (Wildman–Crippen LogP) is 5.09. The molecule has 0 spiro atoms. The summed E-state index contributed by atoms with van der Waals surface area (Å²) in [5.41, 5.74) is 1.24. The van der Waals surface area contributed by atoms with Crippen LogP contribution in [-0.4, -0.2) is 11.9 Å². The van der Waals surface area contributed by atoms with E-state index in [1.807, 2.05) is 6.07 Å². The Morgan fingerprint density at radius 3 is 2.59 bits per heavy atom. The quantitative estimate of drug-likeness (QED) is 0.663. The average molecular weight is 362 g/mol. The molecule has 1 fully saturated rings. The molecule has 0 N–H and O–H groups in total. The van der Waals surface area contributed by atoms with Crippen molar-refractivity contribution in [1.29, 1.82) is 0 Å². The third kappa shape index (κ3) is 3.80. The number of ether oxygens (including phenoxy) is 1. The summed E-state index contributed by atoms with van der Waals surface area (Å²) in [6.45, 7) is 0.900. The molecule has 0 saturated heterocycles. The van der Waals surface area contributed by atoms with Gasteiger partial charge in [-0.2, -0.15) is 0 Å². The second-order valence-corrected chi connectivity index (χ2v) is 6.15. The van der Waals surface area contributed by atoms with Crippen LogP contribution in [0.5, 0.6) is 0 Å². The molecule has 0 heterocycles. The molecule has 0 radical (unpaired) electrons. The van der Waals surface area contributed by atoms with Crippen LogP contribution in [0.2, 0.25) is 0 Å². The van der Waals surface area contributed by atoms with E-state index >= 15 is 0 Å². The van der Waals surface area contributed by atoms with Gasteiger partial charge in [-0.1, -0.05) is 62.9 Å². The second kappa shape index (κ2) is 6.91. The van der Waals surface area contributed by atoms with Crippen LogP contribution in [0.4, 0.5) is 0 Å². The van der Waals surface area contributed by atoms with E-state index in [0.29, 0.717) is 0 Å². The van der Waals surface area contributed by atoms with Crippen molar-refractivity contribution in [3.8, 4) is 0 Å². The van der Waals surface area contributed by atoms with Crippen molar-refractivity contribution in [3.05, 3.63) is 34.3 Å². The Kier molecular flexibility index (Phi) is 5.51. The van der Waals surface area contributed by atoms with Crippen LogP contribution < -0.4 is 0 Å². The third-order valence-corrected chi connectivity index (χ3v) is 4.71. The standard InChI is InChI=1S/C14H18Br2O/c15-9-14(12-7-3-4-8-13(12)16)17-10-11-5-1-2-6-11/h3-4,7-8,11,14H,1-2,5-6,9-10H2. The van der Waals surface area contributed by atoms with E-state index in [-0.39, 0.29) is 6.10 Å². The van der Waals surface area contributed by atoms with E-state index in [0.717, 1.165) is 22.3 Å². The molecule has 1 atom stereocenters. The zero-order valence-electron chi connectivity index (χ0n) is 9.87. The molecular weight excluding hydrogens is 344 g/mol. The summed E-state index contributed by atoms with van der Waals surface area (Å²) in [6, 6.07) is 8.30. The summed E-state index contributed by atoms with van der Waals surface area (Å²) in [4.78, 5) is 0. The van der Waals surface area contributed by atoms with E-state index in [1.165, 1.54) is 31.2 Å². The van der Waals surface area contributed by atoms with Gasteiger partial charge in [-0.05, 0) is 30.4 Å². The minimum Gasteiger partial charge on any atom is -0.372 e. The predicted molar refractivity (Wildman–Crippen MR) is 78.6 cm³/mol. The fourth-order valence-corrected chi connectivity index (χ4v) is 3.46. The molecule has 0 amide bonds. The number of halogens is 2. The molecule has 2 rings (SSSR count). The Morgan fingerprint density at radius 2 is 1.94 bits per heavy atom. The molecule has 1 aliphatic rings. The van der Waals surface area contributed by atoms with Crippen molar-refractivity contribution in [1.82, 2.24) is 0 Å². The summed E-state index contributed by atoms with van der Waals surface area (Å²) in [6.07, 6.45) is 5.59. The van der Waals surface area contributed by atoms with Crippen LogP contribution in [-0.2, 0) is 4.74 Å². The number of benzene rings is 1. The lowest BCUT2D eigenvalue weighted by atomic mass is 10.1. The Balaban J connectivity index is 1.94. The van der Waals surface area contributed by atoms with Crippen LogP contribution in [0, 0.1) is 5.92 Å². The summed E-state index contributed by atoms with van der Waals surface area (Å²) >= 11 is 7.14. The Labute approximate surface area is 120 Å². The first kappa shape index (κ1) is 13.6. The van der Waals surface area contributed by atoms with E-state index in [9.17, 15) is 0 Å². The fourth-order valence-electron chi connectivity index (χ4n) is 2.38. The van der Waals surface area contributed by atoms with Crippen molar-refractivity contribution in [2.45, 2.75) is 31.8 Å². The molecule has 0 bridgehead atoms. The normalized spacial score (nSPS) is 18.5. The van der Waals surface area contributed by atoms with Crippen LogP contribution in [0.1, 0.15) is 37.4 Å². The molecule has 17 heavy (non-hydrogen) atoms. The number of hydrogen-bond acceptors (Lipinski definition) is 1. The van der Waals surface area contributed by atoms with Gasteiger partial charge in [0.05, 0.1) is 12.7 Å². The highest BCUT2D eigenvalue weighted by atomic mass is 79.9. The van der Waals surface area contributed by atoms with Crippen molar-refractivity contribution in [2.75, 3.05) is 11.9 Å². The van der Waals surface area contributed by atoms with Crippen LogP contribution in [0.3, 0.4) is 0 Å². The van der Waals surface area contributed by atoms with Crippen molar-refractivity contribution in [3.63, 3.8) is 0 Å². The molecule has 1 aromatic rings. The molecule has 0 aromatic heterocycles. The van der Waals surface area contributed by atoms with Crippen LogP contribution >= 0.6 is 31.9 Å².